The molecule has 0 aliphatic rings. The molecule has 0 spiro atoms. The number of amides is 1. The van der Waals surface area contributed by atoms with Gasteiger partial charge in [-0.2, -0.15) is 0 Å². The third kappa shape index (κ3) is 3.30. The first-order chi connectivity index (χ1) is 9.61. The van der Waals surface area contributed by atoms with E-state index >= 15 is 0 Å². The second-order valence-corrected chi connectivity index (χ2v) is 4.91. The summed E-state index contributed by atoms with van der Waals surface area (Å²) < 4.78 is 5.95. The molecule has 104 valence electrons. The summed E-state index contributed by atoms with van der Waals surface area (Å²) in [5.74, 6) is 0.559. The molecule has 2 aromatic rings. The lowest BCUT2D eigenvalue weighted by atomic mass is 10.2. The molecule has 0 radical (unpaired) electrons. The Morgan fingerprint density at radius 3 is 2.60 bits per heavy atom. The summed E-state index contributed by atoms with van der Waals surface area (Å²) in [5.41, 5.74) is 7.49. The monoisotopic (exact) mass is 334 g/mol. The Balaban J connectivity index is 2.13. The Hall–Kier alpha value is -2.01. The van der Waals surface area contributed by atoms with E-state index in [2.05, 4.69) is 21.2 Å². The van der Waals surface area contributed by atoms with E-state index in [1.54, 1.807) is 30.3 Å². The van der Waals surface area contributed by atoms with Crippen LogP contribution in [0.1, 0.15) is 17.3 Å². The number of nitrogens with two attached hydrogens (primary N) is 1. The predicted molar refractivity (Wildman–Crippen MR) is 84.1 cm³/mol. The Labute approximate surface area is 126 Å². The molecular weight excluding hydrogens is 320 g/mol. The fraction of sp³-hybridized carbons (Fsp3) is 0.133. The number of nitrogens with one attached hydrogen (secondary N) is 1. The molecule has 2 aromatic carbocycles. The van der Waals surface area contributed by atoms with Gasteiger partial charge in [0.1, 0.15) is 5.75 Å². The number of nitrogen functional groups attached to an aromatic ring is 1. The lowest BCUT2D eigenvalue weighted by Crippen LogP contribution is -2.13. The summed E-state index contributed by atoms with van der Waals surface area (Å²) in [4.78, 5) is 12.2. The topological polar surface area (TPSA) is 64.3 Å². The van der Waals surface area contributed by atoms with Crippen LogP contribution >= 0.6 is 15.9 Å². The van der Waals surface area contributed by atoms with Gasteiger partial charge in [0.25, 0.3) is 5.91 Å². The van der Waals surface area contributed by atoms with Crippen molar-refractivity contribution in [1.82, 2.24) is 0 Å². The molecule has 5 heteroatoms. The summed E-state index contributed by atoms with van der Waals surface area (Å²) in [6.07, 6.45) is 0. The van der Waals surface area contributed by atoms with Crippen LogP contribution in [-0.2, 0) is 0 Å². The number of carbonyl (C=O) groups is 1. The van der Waals surface area contributed by atoms with Crippen molar-refractivity contribution in [3.63, 3.8) is 0 Å². The van der Waals surface area contributed by atoms with Gasteiger partial charge in [0.2, 0.25) is 0 Å². The molecule has 0 unspecified atom stereocenters. The Morgan fingerprint density at radius 2 is 1.95 bits per heavy atom. The van der Waals surface area contributed by atoms with Crippen LogP contribution in [0.4, 0.5) is 11.4 Å². The van der Waals surface area contributed by atoms with Crippen molar-refractivity contribution in [2.75, 3.05) is 17.7 Å². The van der Waals surface area contributed by atoms with E-state index in [9.17, 15) is 4.79 Å². The van der Waals surface area contributed by atoms with Crippen molar-refractivity contribution in [3.05, 3.63) is 52.5 Å². The van der Waals surface area contributed by atoms with Crippen molar-refractivity contribution in [2.45, 2.75) is 6.92 Å². The second-order valence-electron chi connectivity index (χ2n) is 4.12. The van der Waals surface area contributed by atoms with Crippen LogP contribution in [0, 0.1) is 0 Å². The highest BCUT2D eigenvalue weighted by atomic mass is 79.9. The van der Waals surface area contributed by atoms with Gasteiger partial charge < -0.3 is 15.8 Å². The number of anilines is 2. The molecule has 0 bridgehead atoms. The van der Waals surface area contributed by atoms with Crippen LogP contribution in [0.3, 0.4) is 0 Å². The maximum Gasteiger partial charge on any atom is 0.256 e. The van der Waals surface area contributed by atoms with Crippen molar-refractivity contribution < 1.29 is 9.53 Å². The lowest BCUT2D eigenvalue weighted by molar-refractivity contribution is 0.102. The van der Waals surface area contributed by atoms with Crippen molar-refractivity contribution >= 4 is 33.2 Å². The Morgan fingerprint density at radius 1 is 1.25 bits per heavy atom. The van der Waals surface area contributed by atoms with Crippen molar-refractivity contribution in [3.8, 4) is 5.75 Å². The van der Waals surface area contributed by atoms with E-state index < -0.39 is 0 Å². The quantitative estimate of drug-likeness (QED) is 0.838. The maximum absolute atomic E-state index is 12.2. The van der Waals surface area contributed by atoms with Crippen molar-refractivity contribution in [2.24, 2.45) is 0 Å². The molecule has 0 atom stereocenters. The van der Waals surface area contributed by atoms with Gasteiger partial charge in [-0.3, -0.25) is 4.79 Å². The summed E-state index contributed by atoms with van der Waals surface area (Å²) in [5, 5.41) is 2.82. The molecule has 0 saturated heterocycles. The summed E-state index contributed by atoms with van der Waals surface area (Å²) in [7, 11) is 0. The zero-order valence-electron chi connectivity index (χ0n) is 11.0. The Bertz CT molecular complexity index is 612. The number of benzene rings is 2. The molecule has 0 heterocycles. The molecule has 0 aromatic heterocycles. The van der Waals surface area contributed by atoms with Gasteiger partial charge in [-0.05, 0) is 59.3 Å². The van der Waals surface area contributed by atoms with E-state index in [-0.39, 0.29) is 5.91 Å². The van der Waals surface area contributed by atoms with Gasteiger partial charge in [0.05, 0.1) is 16.6 Å². The van der Waals surface area contributed by atoms with Crippen LogP contribution in [-0.4, -0.2) is 12.5 Å². The zero-order chi connectivity index (χ0) is 14.5. The number of halogens is 1. The highest BCUT2D eigenvalue weighted by Gasteiger charge is 2.11. The number of hydrogen-bond donors (Lipinski definition) is 2. The zero-order valence-corrected chi connectivity index (χ0v) is 12.6. The van der Waals surface area contributed by atoms with E-state index in [1.807, 2.05) is 19.1 Å². The third-order valence-electron chi connectivity index (χ3n) is 2.70. The van der Waals surface area contributed by atoms with Gasteiger partial charge >= 0.3 is 0 Å². The summed E-state index contributed by atoms with van der Waals surface area (Å²) in [6.45, 7) is 2.54. The third-order valence-corrected chi connectivity index (χ3v) is 3.58. The summed E-state index contributed by atoms with van der Waals surface area (Å²) in [6, 6.07) is 12.4. The van der Waals surface area contributed by atoms with Gasteiger partial charge in [0, 0.05) is 11.4 Å². The maximum atomic E-state index is 12.2. The van der Waals surface area contributed by atoms with E-state index in [0.717, 1.165) is 5.75 Å². The Kier molecular flexibility index (Phi) is 4.63. The second kappa shape index (κ2) is 6.43. The molecule has 2 rings (SSSR count). The number of ether oxygens (including phenoxy) is 1. The highest BCUT2D eigenvalue weighted by molar-refractivity contribution is 9.10. The van der Waals surface area contributed by atoms with Crippen LogP contribution in [0.2, 0.25) is 0 Å². The number of rotatable bonds is 4. The lowest BCUT2D eigenvalue weighted by Gasteiger charge is -2.09. The van der Waals surface area contributed by atoms with Crippen LogP contribution in [0.5, 0.6) is 5.75 Å². The average Bonchev–Trinajstić information content (AvgIpc) is 2.44. The van der Waals surface area contributed by atoms with E-state index in [0.29, 0.717) is 28.0 Å². The minimum Gasteiger partial charge on any atom is -0.494 e. The fourth-order valence-corrected chi connectivity index (χ4v) is 2.17. The van der Waals surface area contributed by atoms with E-state index in [1.165, 1.54) is 0 Å². The molecule has 0 fully saturated rings. The summed E-state index contributed by atoms with van der Waals surface area (Å²) >= 11 is 3.32. The molecule has 0 aliphatic heterocycles. The van der Waals surface area contributed by atoms with Gasteiger partial charge in [0.15, 0.2) is 0 Å². The van der Waals surface area contributed by atoms with Crippen molar-refractivity contribution in [1.29, 1.82) is 0 Å². The predicted octanol–water partition coefficient (Wildman–Crippen LogP) is 3.68. The highest BCUT2D eigenvalue weighted by Crippen LogP contribution is 2.25. The first-order valence-corrected chi connectivity index (χ1v) is 6.99. The van der Waals surface area contributed by atoms with Crippen LogP contribution < -0.4 is 15.8 Å². The number of carbonyl (C=O) groups excluding carboxylic acids is 1. The molecular formula is C15H15BrN2O2. The molecule has 4 nitrogen and oxygen atoms in total. The normalized spacial score (nSPS) is 10.1. The molecule has 1 amide bonds. The molecule has 20 heavy (non-hydrogen) atoms. The number of hydrogen-bond acceptors (Lipinski definition) is 3. The minimum absolute atomic E-state index is 0.215. The van der Waals surface area contributed by atoms with Crippen LogP contribution in [0.15, 0.2) is 46.9 Å². The SMILES string of the molecule is CCOc1ccc(NC(=O)c2cccc(N)c2Br)cc1. The fourth-order valence-electron chi connectivity index (χ4n) is 1.72. The van der Waals surface area contributed by atoms with Gasteiger partial charge in [-0.15, -0.1) is 0 Å². The molecule has 3 N–H and O–H groups in total. The minimum atomic E-state index is -0.215. The molecule has 0 aliphatic carbocycles. The average molecular weight is 335 g/mol. The van der Waals surface area contributed by atoms with Gasteiger partial charge in [-0.25, -0.2) is 0 Å². The first kappa shape index (κ1) is 14.4. The smallest absolute Gasteiger partial charge is 0.256 e. The molecule has 0 saturated carbocycles. The van der Waals surface area contributed by atoms with Crippen LogP contribution in [0.25, 0.3) is 0 Å². The largest absolute Gasteiger partial charge is 0.494 e. The van der Waals surface area contributed by atoms with Gasteiger partial charge in [-0.1, -0.05) is 6.07 Å². The standard InChI is InChI=1S/C15H15BrN2O2/c1-2-20-11-8-6-10(7-9-11)18-15(19)12-4-3-5-13(17)14(12)16/h3-9H,2,17H2,1H3,(H,18,19). The van der Waals surface area contributed by atoms with E-state index in [4.69, 9.17) is 10.5 Å². The first-order valence-electron chi connectivity index (χ1n) is 6.20.